The van der Waals surface area contributed by atoms with Crippen molar-refractivity contribution in [3.05, 3.63) is 45.8 Å². The van der Waals surface area contributed by atoms with Gasteiger partial charge in [0.25, 0.3) is 5.91 Å². The number of carbonyl (C=O) groups excluding carboxylic acids is 1. The van der Waals surface area contributed by atoms with E-state index >= 15 is 0 Å². The molecule has 9 heteroatoms. The van der Waals surface area contributed by atoms with Crippen LogP contribution in [0.4, 0.5) is 5.69 Å². The van der Waals surface area contributed by atoms with Crippen LogP contribution < -0.4 is 10.7 Å². The van der Waals surface area contributed by atoms with Crippen LogP contribution in [-0.2, 0) is 4.79 Å². The van der Waals surface area contributed by atoms with E-state index < -0.39 is 5.91 Å². The summed E-state index contributed by atoms with van der Waals surface area (Å²) >= 11 is 5.90. The lowest BCUT2D eigenvalue weighted by Gasteiger charge is -1.94. The summed E-state index contributed by atoms with van der Waals surface area (Å²) in [6.07, 6.45) is 3.06. The van der Waals surface area contributed by atoms with Gasteiger partial charge in [0.05, 0.1) is 15.6 Å². The Balaban J connectivity index is 1.89. The molecular formula is C15H9ClN6O2. The Hall–Kier alpha value is -3.13. The molecule has 0 bridgehead atoms. The van der Waals surface area contributed by atoms with E-state index in [0.717, 1.165) is 5.56 Å². The second-order valence-electron chi connectivity index (χ2n) is 5.22. The second kappa shape index (κ2) is 5.20. The largest absolute Gasteiger partial charge is 0.493 e. The number of aromatic nitrogens is 3. The average Bonchev–Trinajstić information content (AvgIpc) is 3.01. The van der Waals surface area contributed by atoms with Crippen molar-refractivity contribution in [1.82, 2.24) is 15.0 Å². The number of rotatable bonds is 2. The van der Waals surface area contributed by atoms with E-state index in [4.69, 9.17) is 11.6 Å². The van der Waals surface area contributed by atoms with Gasteiger partial charge in [0.15, 0.2) is 16.9 Å². The number of fused-ring (bicyclic) bond motifs is 2. The van der Waals surface area contributed by atoms with Crippen LogP contribution in [0.15, 0.2) is 39.7 Å². The van der Waals surface area contributed by atoms with Crippen molar-refractivity contribution in [3.63, 3.8) is 0 Å². The molecule has 118 valence electrons. The molecule has 24 heavy (non-hydrogen) atoms. The van der Waals surface area contributed by atoms with Crippen LogP contribution in [0, 0.1) is 6.92 Å². The highest BCUT2D eigenvalue weighted by Crippen LogP contribution is 2.35. The van der Waals surface area contributed by atoms with Crippen LogP contribution in [0.5, 0.6) is 5.88 Å². The van der Waals surface area contributed by atoms with Crippen LogP contribution in [0.3, 0.4) is 0 Å². The number of hydrogen-bond acceptors (Lipinski definition) is 6. The lowest BCUT2D eigenvalue weighted by atomic mass is 10.2. The number of nitrogens with zero attached hydrogens (tertiary/aromatic N) is 5. The van der Waals surface area contributed by atoms with Crippen molar-refractivity contribution in [3.8, 4) is 5.88 Å². The van der Waals surface area contributed by atoms with Gasteiger partial charge < -0.3 is 10.1 Å². The Kier molecular flexibility index (Phi) is 3.14. The van der Waals surface area contributed by atoms with Crippen molar-refractivity contribution >= 4 is 39.9 Å². The maximum Gasteiger partial charge on any atom is 0.300 e. The summed E-state index contributed by atoms with van der Waals surface area (Å²) < 4.78 is 0. The number of aryl methyl sites for hydroxylation is 1. The molecule has 1 amide bonds. The SMILES string of the molecule is Cc1cnc2[nH]c(O)c(N=NC3=c4cc(Cl)cnc4=NC3=O)c2c1. The third-order valence-electron chi connectivity index (χ3n) is 3.49. The number of aromatic hydroxyl groups is 1. The molecule has 8 nitrogen and oxygen atoms in total. The molecule has 0 saturated heterocycles. The van der Waals surface area contributed by atoms with E-state index in [1.54, 1.807) is 12.3 Å². The fraction of sp³-hybridized carbons (Fsp3) is 0.0667. The summed E-state index contributed by atoms with van der Waals surface area (Å²) in [6.45, 7) is 1.87. The van der Waals surface area contributed by atoms with E-state index in [1.165, 1.54) is 6.20 Å². The number of H-pyrrole nitrogens is 1. The molecule has 0 radical (unpaired) electrons. The van der Waals surface area contributed by atoms with Gasteiger partial charge in [-0.15, -0.1) is 10.2 Å². The monoisotopic (exact) mass is 340 g/mol. The summed E-state index contributed by atoms with van der Waals surface area (Å²) in [5.41, 5.74) is 1.85. The van der Waals surface area contributed by atoms with Crippen molar-refractivity contribution in [2.24, 2.45) is 15.2 Å². The first kappa shape index (κ1) is 14.5. The first-order valence-electron chi connectivity index (χ1n) is 6.91. The Labute approximate surface area is 139 Å². The van der Waals surface area contributed by atoms with E-state index in [1.807, 2.05) is 13.0 Å². The van der Waals surface area contributed by atoms with E-state index in [9.17, 15) is 9.90 Å². The number of carbonyl (C=O) groups is 1. The normalized spacial score (nSPS) is 13.8. The van der Waals surface area contributed by atoms with Gasteiger partial charge in [0, 0.05) is 12.4 Å². The molecule has 1 aliphatic rings. The van der Waals surface area contributed by atoms with E-state index in [0.29, 0.717) is 21.3 Å². The van der Waals surface area contributed by atoms with Crippen LogP contribution in [0.25, 0.3) is 16.7 Å². The molecule has 4 rings (SSSR count). The minimum atomic E-state index is -0.558. The molecule has 0 unspecified atom stereocenters. The highest BCUT2D eigenvalue weighted by Gasteiger charge is 2.18. The smallest absolute Gasteiger partial charge is 0.300 e. The molecular weight excluding hydrogens is 332 g/mol. The van der Waals surface area contributed by atoms with Gasteiger partial charge in [-0.1, -0.05) is 11.6 Å². The minimum Gasteiger partial charge on any atom is -0.493 e. The van der Waals surface area contributed by atoms with Crippen molar-refractivity contribution < 1.29 is 9.90 Å². The number of amides is 1. The number of nitrogens with one attached hydrogen (secondary N) is 1. The standard InChI is InChI=1S/C15H9ClN6O2/c1-6-2-8-10(14(23)19-12(8)17-4-6)21-22-11-9-3-7(16)5-18-13(9)20-15(11)24/h2-5,23H,1H3,(H,17,19). The van der Waals surface area contributed by atoms with Crippen LogP contribution in [0.1, 0.15) is 5.56 Å². The summed E-state index contributed by atoms with van der Waals surface area (Å²) in [4.78, 5) is 26.6. The molecule has 4 heterocycles. The Morgan fingerprint density at radius 1 is 1.21 bits per heavy atom. The lowest BCUT2D eigenvalue weighted by Crippen LogP contribution is -2.25. The summed E-state index contributed by atoms with van der Waals surface area (Å²) in [5, 5.41) is 19.3. The molecule has 0 atom stereocenters. The zero-order valence-electron chi connectivity index (χ0n) is 12.3. The Morgan fingerprint density at radius 2 is 2.04 bits per heavy atom. The first-order valence-corrected chi connectivity index (χ1v) is 7.28. The van der Waals surface area contributed by atoms with Gasteiger partial charge in [0.2, 0.25) is 5.88 Å². The van der Waals surface area contributed by atoms with Crippen LogP contribution >= 0.6 is 11.6 Å². The highest BCUT2D eigenvalue weighted by molar-refractivity contribution is 6.30. The molecule has 1 aliphatic heterocycles. The summed E-state index contributed by atoms with van der Waals surface area (Å²) in [6, 6.07) is 3.36. The maximum atomic E-state index is 12.0. The number of azo groups is 1. The van der Waals surface area contributed by atoms with Gasteiger partial charge in [-0.25, -0.2) is 9.97 Å². The summed E-state index contributed by atoms with van der Waals surface area (Å²) in [5.74, 6) is -0.739. The van der Waals surface area contributed by atoms with Gasteiger partial charge in [0.1, 0.15) is 5.65 Å². The number of aromatic amines is 1. The van der Waals surface area contributed by atoms with Gasteiger partial charge in [-0.05, 0) is 24.6 Å². The molecule has 3 aromatic heterocycles. The van der Waals surface area contributed by atoms with Crippen LogP contribution in [0.2, 0.25) is 5.02 Å². The zero-order chi connectivity index (χ0) is 16.8. The van der Waals surface area contributed by atoms with E-state index in [2.05, 4.69) is 30.2 Å². The molecule has 3 aromatic rings. The first-order chi connectivity index (χ1) is 11.5. The molecule has 0 saturated carbocycles. The Morgan fingerprint density at radius 3 is 2.88 bits per heavy atom. The minimum absolute atomic E-state index is 0.0226. The lowest BCUT2D eigenvalue weighted by molar-refractivity contribution is -0.112. The molecule has 0 aromatic carbocycles. The number of halogens is 1. The predicted octanol–water partition coefficient (Wildman–Crippen LogP) is 1.68. The van der Waals surface area contributed by atoms with Gasteiger partial charge in [-0.3, -0.25) is 4.79 Å². The topological polar surface area (TPSA) is 116 Å². The van der Waals surface area contributed by atoms with Crippen molar-refractivity contribution in [1.29, 1.82) is 0 Å². The predicted molar refractivity (Wildman–Crippen MR) is 85.5 cm³/mol. The average molecular weight is 341 g/mol. The molecule has 0 fully saturated rings. The van der Waals surface area contributed by atoms with Gasteiger partial charge in [-0.2, -0.15) is 4.99 Å². The number of pyridine rings is 2. The summed E-state index contributed by atoms with van der Waals surface area (Å²) in [7, 11) is 0. The number of hydrogen-bond donors (Lipinski definition) is 2. The fourth-order valence-corrected chi connectivity index (χ4v) is 2.56. The third kappa shape index (κ3) is 2.24. The van der Waals surface area contributed by atoms with Gasteiger partial charge >= 0.3 is 0 Å². The molecule has 2 N–H and O–H groups in total. The highest BCUT2D eigenvalue weighted by atomic mass is 35.5. The van der Waals surface area contributed by atoms with Crippen LogP contribution in [-0.4, -0.2) is 26.0 Å². The van der Waals surface area contributed by atoms with Crippen molar-refractivity contribution in [2.75, 3.05) is 0 Å². The second-order valence-corrected chi connectivity index (χ2v) is 5.66. The fourth-order valence-electron chi connectivity index (χ4n) is 2.41. The maximum absolute atomic E-state index is 12.0. The molecule has 0 spiro atoms. The van der Waals surface area contributed by atoms with Crippen molar-refractivity contribution in [2.45, 2.75) is 6.92 Å². The van der Waals surface area contributed by atoms with E-state index in [-0.39, 0.29) is 22.8 Å². The third-order valence-corrected chi connectivity index (χ3v) is 3.70. The molecule has 0 aliphatic carbocycles. The quantitative estimate of drug-likeness (QED) is 0.690. The Bertz CT molecular complexity index is 1160. The zero-order valence-corrected chi connectivity index (χ0v) is 13.0.